The third-order valence-corrected chi connectivity index (χ3v) is 3.18. The second-order valence-corrected chi connectivity index (χ2v) is 5.08. The third kappa shape index (κ3) is 2.87. The van der Waals surface area contributed by atoms with Gasteiger partial charge in [-0.15, -0.1) is 0 Å². The highest BCUT2D eigenvalue weighted by Gasteiger charge is 2.20. The molecule has 2 aromatic carbocycles. The molecule has 0 saturated carbocycles. The van der Waals surface area contributed by atoms with Gasteiger partial charge in [-0.2, -0.15) is 0 Å². The van der Waals surface area contributed by atoms with E-state index in [1.807, 2.05) is 22.6 Å². The lowest BCUT2D eigenvalue weighted by Crippen LogP contribution is -2.08. The number of hydrogen-bond acceptors (Lipinski definition) is 2. The normalized spacial score (nSPS) is 10.4. The van der Waals surface area contributed by atoms with Crippen LogP contribution in [0.2, 0.25) is 0 Å². The molecule has 7 heteroatoms. The quantitative estimate of drug-likeness (QED) is 0.771. The molecule has 3 nitrogen and oxygen atoms in total. The highest BCUT2D eigenvalue weighted by molar-refractivity contribution is 14.1. The molecular weight excluding hydrogens is 386 g/mol. The van der Waals surface area contributed by atoms with Crippen molar-refractivity contribution in [3.8, 4) is 0 Å². The first kappa shape index (κ1) is 14.6. The minimum atomic E-state index is -1.64. The third-order valence-electron chi connectivity index (χ3n) is 2.51. The maximum absolute atomic E-state index is 13.7. The van der Waals surface area contributed by atoms with Gasteiger partial charge < -0.3 is 10.4 Å². The van der Waals surface area contributed by atoms with Crippen LogP contribution in [-0.4, -0.2) is 11.1 Å². The van der Waals surface area contributed by atoms with Crippen LogP contribution in [0.15, 0.2) is 30.3 Å². The van der Waals surface area contributed by atoms with Gasteiger partial charge in [0, 0.05) is 3.57 Å². The molecule has 0 aliphatic heterocycles. The number of carbonyl (C=O) groups is 1. The molecule has 0 heterocycles. The summed E-state index contributed by atoms with van der Waals surface area (Å²) in [6, 6.07) is 6.01. The summed E-state index contributed by atoms with van der Waals surface area (Å²) in [5, 5.41) is 11.4. The van der Waals surface area contributed by atoms with Crippen LogP contribution in [0.4, 0.5) is 24.5 Å². The number of nitrogens with one attached hydrogen (secondary N) is 1. The largest absolute Gasteiger partial charge is 0.478 e. The molecule has 0 radical (unpaired) electrons. The van der Waals surface area contributed by atoms with E-state index in [2.05, 4.69) is 5.32 Å². The van der Waals surface area contributed by atoms with Crippen LogP contribution >= 0.6 is 22.6 Å². The molecule has 20 heavy (non-hydrogen) atoms. The molecule has 104 valence electrons. The molecule has 2 rings (SSSR count). The first-order valence-electron chi connectivity index (χ1n) is 5.33. The standard InChI is InChI=1S/C13H7F3INO2/c14-7-2-4-10(11(12(7)16)13(19)20)18-9-3-1-6(17)5-8(9)15/h1-5,18H,(H,19,20). The Balaban J connectivity index is 2.48. The Labute approximate surface area is 125 Å². The summed E-state index contributed by atoms with van der Waals surface area (Å²) in [5.41, 5.74) is -1.13. The Morgan fingerprint density at radius 2 is 1.70 bits per heavy atom. The average molecular weight is 393 g/mol. The lowest BCUT2D eigenvalue weighted by Gasteiger charge is -2.11. The van der Waals surface area contributed by atoms with Crippen molar-refractivity contribution in [1.82, 2.24) is 0 Å². The molecule has 0 bridgehead atoms. The van der Waals surface area contributed by atoms with Crippen LogP contribution in [-0.2, 0) is 0 Å². The highest BCUT2D eigenvalue weighted by atomic mass is 127. The first-order valence-corrected chi connectivity index (χ1v) is 6.41. The van der Waals surface area contributed by atoms with Gasteiger partial charge in [0.1, 0.15) is 11.4 Å². The summed E-state index contributed by atoms with van der Waals surface area (Å²) in [6.07, 6.45) is 0. The van der Waals surface area contributed by atoms with E-state index < -0.39 is 29.0 Å². The van der Waals surface area contributed by atoms with Gasteiger partial charge in [0.15, 0.2) is 11.6 Å². The van der Waals surface area contributed by atoms with E-state index in [1.54, 1.807) is 6.07 Å². The van der Waals surface area contributed by atoms with E-state index in [0.29, 0.717) is 3.57 Å². The van der Waals surface area contributed by atoms with Crippen molar-refractivity contribution < 1.29 is 23.1 Å². The molecule has 2 aromatic rings. The zero-order valence-corrected chi connectivity index (χ0v) is 11.9. The van der Waals surface area contributed by atoms with Crippen LogP contribution in [0.5, 0.6) is 0 Å². The Kier molecular flexibility index (Phi) is 4.17. The Hall–Kier alpha value is -1.77. The number of carboxylic acids is 1. The van der Waals surface area contributed by atoms with Gasteiger partial charge >= 0.3 is 5.97 Å². The van der Waals surface area contributed by atoms with E-state index >= 15 is 0 Å². The zero-order chi connectivity index (χ0) is 14.9. The average Bonchev–Trinajstić information content (AvgIpc) is 2.36. The van der Waals surface area contributed by atoms with E-state index in [0.717, 1.165) is 12.1 Å². The molecule has 0 unspecified atom stereocenters. The van der Waals surface area contributed by atoms with Crippen molar-refractivity contribution in [1.29, 1.82) is 0 Å². The Morgan fingerprint density at radius 3 is 2.30 bits per heavy atom. The number of hydrogen-bond donors (Lipinski definition) is 2. The number of aromatic carboxylic acids is 1. The second kappa shape index (κ2) is 5.70. The maximum Gasteiger partial charge on any atom is 0.340 e. The van der Waals surface area contributed by atoms with Gasteiger partial charge in [-0.25, -0.2) is 18.0 Å². The minimum absolute atomic E-state index is 0.0288. The molecule has 0 aliphatic carbocycles. The van der Waals surface area contributed by atoms with Crippen LogP contribution in [0, 0.1) is 21.0 Å². The Bertz CT molecular complexity index is 692. The Morgan fingerprint density at radius 1 is 1.05 bits per heavy atom. The molecule has 0 saturated heterocycles. The summed E-state index contributed by atoms with van der Waals surface area (Å²) in [4.78, 5) is 11.0. The zero-order valence-electron chi connectivity index (χ0n) is 9.75. The van der Waals surface area contributed by atoms with Crippen LogP contribution in [0.25, 0.3) is 0 Å². The smallest absolute Gasteiger partial charge is 0.340 e. The molecule has 0 aromatic heterocycles. The van der Waals surface area contributed by atoms with Crippen molar-refractivity contribution in [2.45, 2.75) is 0 Å². The van der Waals surface area contributed by atoms with Gasteiger partial charge in [-0.05, 0) is 52.9 Å². The predicted molar refractivity (Wildman–Crippen MR) is 75.7 cm³/mol. The van der Waals surface area contributed by atoms with E-state index in [1.165, 1.54) is 12.1 Å². The lowest BCUT2D eigenvalue weighted by molar-refractivity contribution is 0.0692. The minimum Gasteiger partial charge on any atom is -0.478 e. The number of anilines is 2. The molecule has 0 amide bonds. The van der Waals surface area contributed by atoms with Crippen molar-refractivity contribution in [3.05, 3.63) is 56.9 Å². The van der Waals surface area contributed by atoms with Gasteiger partial charge in [0.2, 0.25) is 0 Å². The fourth-order valence-corrected chi connectivity index (χ4v) is 2.05. The summed E-state index contributed by atoms with van der Waals surface area (Å²) in [6.45, 7) is 0. The van der Waals surface area contributed by atoms with Crippen LogP contribution in [0.3, 0.4) is 0 Å². The topological polar surface area (TPSA) is 49.3 Å². The van der Waals surface area contributed by atoms with Crippen LogP contribution in [0.1, 0.15) is 10.4 Å². The molecule has 0 atom stereocenters. The van der Waals surface area contributed by atoms with Crippen molar-refractivity contribution in [2.24, 2.45) is 0 Å². The fourth-order valence-electron chi connectivity index (χ4n) is 1.60. The van der Waals surface area contributed by atoms with Gasteiger partial charge in [0.05, 0.1) is 11.4 Å². The van der Waals surface area contributed by atoms with Gasteiger partial charge in [0.25, 0.3) is 0 Å². The van der Waals surface area contributed by atoms with Gasteiger partial charge in [-0.1, -0.05) is 0 Å². The number of benzene rings is 2. The second-order valence-electron chi connectivity index (χ2n) is 3.84. The van der Waals surface area contributed by atoms with Gasteiger partial charge in [-0.3, -0.25) is 0 Å². The van der Waals surface area contributed by atoms with Crippen molar-refractivity contribution in [3.63, 3.8) is 0 Å². The van der Waals surface area contributed by atoms with E-state index in [-0.39, 0.29) is 11.4 Å². The predicted octanol–water partition coefficient (Wildman–Crippen LogP) is 4.15. The monoisotopic (exact) mass is 393 g/mol. The molecule has 0 aliphatic rings. The first-order chi connectivity index (χ1) is 9.40. The summed E-state index contributed by atoms with van der Waals surface area (Å²) >= 11 is 1.91. The summed E-state index contributed by atoms with van der Waals surface area (Å²) in [5.74, 6) is -5.04. The number of halogens is 4. The summed E-state index contributed by atoms with van der Waals surface area (Å²) in [7, 11) is 0. The van der Waals surface area contributed by atoms with Crippen LogP contribution < -0.4 is 5.32 Å². The van der Waals surface area contributed by atoms with Crippen molar-refractivity contribution >= 4 is 39.9 Å². The van der Waals surface area contributed by atoms with Crippen molar-refractivity contribution in [2.75, 3.05) is 5.32 Å². The molecular formula is C13H7F3INO2. The molecule has 2 N–H and O–H groups in total. The fraction of sp³-hybridized carbons (Fsp3) is 0. The highest BCUT2D eigenvalue weighted by Crippen LogP contribution is 2.27. The summed E-state index contributed by atoms with van der Waals surface area (Å²) < 4.78 is 40.9. The van der Waals surface area contributed by atoms with E-state index in [9.17, 15) is 18.0 Å². The number of carboxylic acid groups (broad SMARTS) is 1. The lowest BCUT2D eigenvalue weighted by atomic mass is 10.1. The molecule has 0 fully saturated rings. The SMILES string of the molecule is O=C(O)c1c(Nc2ccc(I)cc2F)ccc(F)c1F. The van der Waals surface area contributed by atoms with E-state index in [4.69, 9.17) is 5.11 Å². The maximum atomic E-state index is 13.7. The molecule has 0 spiro atoms. The number of rotatable bonds is 3.